The highest BCUT2D eigenvalue weighted by Gasteiger charge is 2.58. The minimum absolute atomic E-state index is 0.142. The lowest BCUT2D eigenvalue weighted by molar-refractivity contribution is -0.357. The van der Waals surface area contributed by atoms with Gasteiger partial charge >= 0.3 is 0 Å². The molecule has 0 spiro atoms. The minimum atomic E-state index is -1.93. The fourth-order valence-electron chi connectivity index (χ4n) is 2.68. The molecule has 2 rings (SSSR count). The summed E-state index contributed by atoms with van der Waals surface area (Å²) in [5.74, 6) is -2.50. The maximum absolute atomic E-state index is 10.3. The number of carbonyl (C=O) groups is 1. The van der Waals surface area contributed by atoms with Crippen LogP contribution in [0.3, 0.4) is 0 Å². The summed E-state index contributed by atoms with van der Waals surface area (Å²) in [4.78, 5) is 10.3. The number of aliphatic hydroxyl groups excluding tert-OH is 4. The molecule has 3 unspecified atom stereocenters. The van der Waals surface area contributed by atoms with Gasteiger partial charge < -0.3 is 39.4 Å². The van der Waals surface area contributed by atoms with E-state index in [1.807, 2.05) is 0 Å². The summed E-state index contributed by atoms with van der Waals surface area (Å²) >= 11 is 17.5. The van der Waals surface area contributed by atoms with Gasteiger partial charge in [-0.15, -0.1) is 34.8 Å². The molecule has 0 aromatic rings. The number of hydrogen-bond acceptors (Lipinski definition) is 9. The van der Waals surface area contributed by atoms with Crippen LogP contribution >= 0.6 is 34.8 Å². The van der Waals surface area contributed by atoms with E-state index in [0.29, 0.717) is 0 Å². The molecule has 0 amide bonds. The van der Waals surface area contributed by atoms with Crippen molar-refractivity contribution in [1.29, 1.82) is 0 Å². The van der Waals surface area contributed by atoms with E-state index in [4.69, 9.17) is 49.0 Å². The van der Waals surface area contributed by atoms with Gasteiger partial charge in [0.2, 0.25) is 5.79 Å². The Kier molecular flexibility index (Phi) is 7.55. The molecule has 25 heavy (non-hydrogen) atoms. The Balaban J connectivity index is 2.16. The van der Waals surface area contributed by atoms with E-state index >= 15 is 0 Å². The molecule has 2 aliphatic heterocycles. The number of hydrogen-bond donors (Lipinski definition) is 4. The van der Waals surface area contributed by atoms with E-state index in [1.54, 1.807) is 0 Å². The third-order valence-electron chi connectivity index (χ3n) is 4.11. The van der Waals surface area contributed by atoms with Crippen molar-refractivity contribution >= 4 is 41.3 Å². The number of halogens is 3. The first-order valence-electron chi connectivity index (χ1n) is 7.36. The van der Waals surface area contributed by atoms with Gasteiger partial charge in [0.15, 0.2) is 6.29 Å². The highest BCUT2D eigenvalue weighted by molar-refractivity contribution is 6.21. The molecule has 2 fully saturated rings. The fraction of sp³-hybridized carbons (Fsp3) is 0.923. The second-order valence-electron chi connectivity index (χ2n) is 5.71. The standard InChI is InChI=1S/C13H19Cl3O9/c14-1-5-8(18)11(21)13(3-15,24-5)25-12-10(20)9(19)7(16)6(23-12)2-22-4-17/h4-12,18-21H,1-3H2/t5-,6?,7+,8-,9?,10?,11-,12-,13-/m1/s1. The third-order valence-corrected chi connectivity index (χ3v) is 5.32. The van der Waals surface area contributed by atoms with Crippen molar-refractivity contribution in [3.63, 3.8) is 0 Å². The van der Waals surface area contributed by atoms with Crippen LogP contribution in [0.25, 0.3) is 0 Å². The van der Waals surface area contributed by atoms with Crippen LogP contribution in [0.15, 0.2) is 0 Å². The van der Waals surface area contributed by atoms with Gasteiger partial charge in [0.05, 0.1) is 17.1 Å². The van der Waals surface area contributed by atoms with Crippen LogP contribution in [0, 0.1) is 0 Å². The average molecular weight is 426 g/mol. The molecular formula is C13H19Cl3O9. The molecular weight excluding hydrogens is 406 g/mol. The second kappa shape index (κ2) is 8.83. The van der Waals surface area contributed by atoms with E-state index < -0.39 is 60.0 Å². The van der Waals surface area contributed by atoms with Crippen molar-refractivity contribution in [2.75, 3.05) is 18.4 Å². The van der Waals surface area contributed by atoms with Crippen LogP contribution in [0.5, 0.6) is 0 Å². The Labute approximate surface area is 158 Å². The monoisotopic (exact) mass is 424 g/mol. The zero-order chi connectivity index (χ0) is 18.8. The number of rotatable bonds is 7. The molecule has 9 nitrogen and oxygen atoms in total. The highest BCUT2D eigenvalue weighted by Crippen LogP contribution is 2.38. The van der Waals surface area contributed by atoms with Crippen molar-refractivity contribution in [2.45, 2.75) is 54.1 Å². The van der Waals surface area contributed by atoms with Crippen molar-refractivity contribution < 1.29 is 44.2 Å². The Morgan fingerprint density at radius 3 is 2.28 bits per heavy atom. The Morgan fingerprint density at radius 2 is 1.76 bits per heavy atom. The molecule has 0 aromatic carbocycles. The van der Waals surface area contributed by atoms with E-state index in [1.165, 1.54) is 0 Å². The van der Waals surface area contributed by atoms with Gasteiger partial charge in [-0.3, -0.25) is 4.79 Å². The topological polar surface area (TPSA) is 135 Å². The predicted molar refractivity (Wildman–Crippen MR) is 84.5 cm³/mol. The summed E-state index contributed by atoms with van der Waals surface area (Å²) in [5, 5.41) is 39.3. The lowest BCUT2D eigenvalue weighted by Crippen LogP contribution is -2.61. The average Bonchev–Trinajstić information content (AvgIpc) is 2.86. The molecule has 12 heteroatoms. The smallest absolute Gasteiger partial charge is 0.293 e. The van der Waals surface area contributed by atoms with Gasteiger partial charge in [0.25, 0.3) is 6.47 Å². The van der Waals surface area contributed by atoms with E-state index in [2.05, 4.69) is 4.74 Å². The molecule has 9 atom stereocenters. The van der Waals surface area contributed by atoms with Gasteiger partial charge in [-0.2, -0.15) is 0 Å². The SMILES string of the molecule is O=COCC1O[C@H](O[C@@]2(CCl)O[C@H](CCl)[C@@H](O)[C@H]2O)C(O)C(O)[C@H]1Cl. The molecule has 2 aliphatic rings. The molecule has 0 aromatic heterocycles. The van der Waals surface area contributed by atoms with Gasteiger partial charge in [-0.1, -0.05) is 0 Å². The van der Waals surface area contributed by atoms with Gasteiger partial charge in [0.1, 0.15) is 43.2 Å². The Hall–Kier alpha value is 0.0600. The first-order chi connectivity index (χ1) is 11.8. The maximum Gasteiger partial charge on any atom is 0.293 e. The number of carbonyl (C=O) groups excluding carboxylic acids is 1. The summed E-state index contributed by atoms with van der Waals surface area (Å²) in [6.45, 7) is -0.128. The van der Waals surface area contributed by atoms with Crippen LogP contribution in [-0.4, -0.2) is 99.3 Å². The van der Waals surface area contributed by atoms with Crippen molar-refractivity contribution in [1.82, 2.24) is 0 Å². The van der Waals surface area contributed by atoms with Crippen LogP contribution in [0.4, 0.5) is 0 Å². The van der Waals surface area contributed by atoms with Crippen LogP contribution < -0.4 is 0 Å². The quantitative estimate of drug-likeness (QED) is 0.285. The molecule has 0 radical (unpaired) electrons. The summed E-state index contributed by atoms with van der Waals surface area (Å²) in [7, 11) is 0. The number of alkyl halides is 3. The highest BCUT2D eigenvalue weighted by atomic mass is 35.5. The van der Waals surface area contributed by atoms with Crippen molar-refractivity contribution in [3.8, 4) is 0 Å². The fourth-order valence-corrected chi connectivity index (χ4v) is 3.49. The molecule has 0 bridgehead atoms. The van der Waals surface area contributed by atoms with E-state index in [-0.39, 0.29) is 19.0 Å². The van der Waals surface area contributed by atoms with Crippen LogP contribution in [-0.2, 0) is 23.7 Å². The molecule has 4 N–H and O–H groups in total. The van der Waals surface area contributed by atoms with Gasteiger partial charge in [-0.05, 0) is 0 Å². The summed E-state index contributed by atoms with van der Waals surface area (Å²) in [6.07, 6.45) is -9.55. The molecule has 0 aliphatic carbocycles. The van der Waals surface area contributed by atoms with Crippen LogP contribution in [0.2, 0.25) is 0 Å². The molecule has 0 saturated carbocycles. The number of aliphatic hydroxyl groups is 4. The van der Waals surface area contributed by atoms with E-state index in [0.717, 1.165) is 0 Å². The summed E-state index contributed by atoms with van der Waals surface area (Å²) < 4.78 is 20.9. The Bertz CT molecular complexity index is 458. The number of ether oxygens (including phenoxy) is 4. The lowest BCUT2D eigenvalue weighted by Gasteiger charge is -2.43. The van der Waals surface area contributed by atoms with E-state index in [9.17, 15) is 25.2 Å². The normalized spacial score (nSPS) is 47.6. The van der Waals surface area contributed by atoms with Crippen molar-refractivity contribution in [3.05, 3.63) is 0 Å². The molecule has 2 heterocycles. The molecule has 2 saturated heterocycles. The first kappa shape index (κ1) is 21.4. The largest absolute Gasteiger partial charge is 0.465 e. The van der Waals surface area contributed by atoms with Crippen molar-refractivity contribution in [2.24, 2.45) is 0 Å². The minimum Gasteiger partial charge on any atom is -0.465 e. The van der Waals surface area contributed by atoms with Crippen LogP contribution in [0.1, 0.15) is 0 Å². The third kappa shape index (κ3) is 4.16. The van der Waals surface area contributed by atoms with Gasteiger partial charge in [0, 0.05) is 0 Å². The first-order valence-corrected chi connectivity index (χ1v) is 8.86. The lowest BCUT2D eigenvalue weighted by atomic mass is 10.0. The summed E-state index contributed by atoms with van der Waals surface area (Å²) in [6, 6.07) is 0. The Morgan fingerprint density at radius 1 is 1.08 bits per heavy atom. The zero-order valence-corrected chi connectivity index (χ0v) is 15.0. The predicted octanol–water partition coefficient (Wildman–Crippen LogP) is -1.48. The maximum atomic E-state index is 10.3. The second-order valence-corrected chi connectivity index (χ2v) is 6.79. The molecule has 146 valence electrons. The van der Waals surface area contributed by atoms with Gasteiger partial charge in [-0.25, -0.2) is 0 Å². The summed E-state index contributed by atoms with van der Waals surface area (Å²) in [5.41, 5.74) is 0. The zero-order valence-electron chi connectivity index (χ0n) is 12.8.